The van der Waals surface area contributed by atoms with Crippen LogP contribution in [0.3, 0.4) is 0 Å². The van der Waals surface area contributed by atoms with E-state index < -0.39 is 18.1 Å². The number of unbranched alkanes of at least 4 members (excludes halogenated alkanes) is 1. The molecule has 7 heteroatoms. The zero-order valence-electron chi connectivity index (χ0n) is 11.4. The van der Waals surface area contributed by atoms with Crippen molar-refractivity contribution in [2.24, 2.45) is 5.73 Å². The van der Waals surface area contributed by atoms with Gasteiger partial charge in [-0.25, -0.2) is 9.59 Å². The molecule has 1 rings (SSSR count). The first-order chi connectivity index (χ1) is 9.15. The van der Waals surface area contributed by atoms with Crippen LogP contribution in [-0.4, -0.2) is 62.4 Å². The van der Waals surface area contributed by atoms with Crippen molar-refractivity contribution >= 4 is 12.1 Å². The maximum absolute atomic E-state index is 11.6. The summed E-state index contributed by atoms with van der Waals surface area (Å²) in [5.74, 6) is -0.736. The predicted octanol–water partition coefficient (Wildman–Crippen LogP) is -0.301. The summed E-state index contributed by atoms with van der Waals surface area (Å²) >= 11 is 0. The second kappa shape index (κ2) is 8.84. The number of nitrogens with zero attached hydrogens (tertiary/aromatic N) is 1. The highest BCUT2D eigenvalue weighted by atomic mass is 16.6. The van der Waals surface area contributed by atoms with E-state index in [0.717, 1.165) is 12.8 Å². The molecule has 1 atom stereocenters. The van der Waals surface area contributed by atoms with Crippen LogP contribution < -0.4 is 11.1 Å². The van der Waals surface area contributed by atoms with Crippen LogP contribution in [0.4, 0.5) is 4.79 Å². The summed E-state index contributed by atoms with van der Waals surface area (Å²) in [4.78, 5) is 24.7. The number of ether oxygens (including phenoxy) is 2. The van der Waals surface area contributed by atoms with Gasteiger partial charge in [0.25, 0.3) is 0 Å². The third-order valence-electron chi connectivity index (χ3n) is 2.81. The molecule has 1 fully saturated rings. The van der Waals surface area contributed by atoms with E-state index in [9.17, 15) is 9.59 Å². The first kappa shape index (κ1) is 15.9. The summed E-state index contributed by atoms with van der Waals surface area (Å²) < 4.78 is 9.95. The Morgan fingerprint density at radius 2 is 2.05 bits per heavy atom. The number of nitrogens with one attached hydrogen (secondary N) is 1. The molecule has 0 radical (unpaired) electrons. The summed E-state index contributed by atoms with van der Waals surface area (Å²) in [6.45, 7) is 5.16. The highest BCUT2D eigenvalue weighted by molar-refractivity contribution is 5.87. The van der Waals surface area contributed by atoms with Gasteiger partial charge in [-0.05, 0) is 6.42 Å². The number of piperazine rings is 1. The lowest BCUT2D eigenvalue weighted by atomic mass is 10.3. The van der Waals surface area contributed by atoms with Crippen molar-refractivity contribution in [3.05, 3.63) is 0 Å². The van der Waals surface area contributed by atoms with Gasteiger partial charge in [0.2, 0.25) is 0 Å². The van der Waals surface area contributed by atoms with Crippen molar-refractivity contribution in [3.63, 3.8) is 0 Å². The molecule has 3 N–H and O–H groups in total. The van der Waals surface area contributed by atoms with E-state index >= 15 is 0 Å². The lowest BCUT2D eigenvalue weighted by Gasteiger charge is -2.26. The Morgan fingerprint density at radius 3 is 2.68 bits per heavy atom. The number of nitrogens with two attached hydrogens (primary N) is 1. The normalized spacial score (nSPS) is 17.1. The van der Waals surface area contributed by atoms with Gasteiger partial charge in [-0.3, -0.25) is 0 Å². The summed E-state index contributed by atoms with van der Waals surface area (Å²) in [6.07, 6.45) is 1.30. The molecule has 0 saturated carbocycles. The highest BCUT2D eigenvalue weighted by Gasteiger charge is 2.24. The van der Waals surface area contributed by atoms with E-state index in [0.29, 0.717) is 32.8 Å². The van der Waals surface area contributed by atoms with Gasteiger partial charge < -0.3 is 25.4 Å². The summed E-state index contributed by atoms with van der Waals surface area (Å²) in [5.41, 5.74) is 5.59. The molecule has 1 amide bonds. The fourth-order valence-electron chi connectivity index (χ4n) is 1.60. The average Bonchev–Trinajstić information content (AvgIpc) is 2.44. The molecule has 7 nitrogen and oxygen atoms in total. The Morgan fingerprint density at radius 1 is 1.37 bits per heavy atom. The monoisotopic (exact) mass is 273 g/mol. The molecule has 110 valence electrons. The van der Waals surface area contributed by atoms with Crippen LogP contribution in [0.2, 0.25) is 0 Å². The summed E-state index contributed by atoms with van der Waals surface area (Å²) in [5, 5.41) is 3.11. The molecule has 0 spiro atoms. The van der Waals surface area contributed by atoms with Gasteiger partial charge in [0.15, 0.2) is 0 Å². The maximum atomic E-state index is 11.6. The zero-order valence-corrected chi connectivity index (χ0v) is 11.4. The Bertz CT molecular complexity index is 293. The fourth-order valence-corrected chi connectivity index (χ4v) is 1.60. The molecular weight excluding hydrogens is 250 g/mol. The molecule has 1 aliphatic rings. The number of hydrogen-bond donors (Lipinski definition) is 2. The minimum Gasteiger partial charge on any atom is -0.379 e. The molecule has 1 heterocycles. The Labute approximate surface area is 113 Å². The number of amides is 1. The molecule has 0 aliphatic carbocycles. The van der Waals surface area contributed by atoms with Crippen LogP contribution in [0.25, 0.3) is 0 Å². The maximum Gasteiger partial charge on any atom is 0.417 e. The Kier molecular flexibility index (Phi) is 7.39. The van der Waals surface area contributed by atoms with Crippen molar-refractivity contribution in [1.29, 1.82) is 0 Å². The van der Waals surface area contributed by atoms with Crippen LogP contribution >= 0.6 is 0 Å². The first-order valence-electron chi connectivity index (χ1n) is 6.69. The average molecular weight is 273 g/mol. The van der Waals surface area contributed by atoms with E-state index in [2.05, 4.69) is 5.32 Å². The Balaban J connectivity index is 2.22. The third-order valence-corrected chi connectivity index (χ3v) is 2.81. The van der Waals surface area contributed by atoms with Crippen LogP contribution in [0.15, 0.2) is 0 Å². The van der Waals surface area contributed by atoms with E-state index in [4.69, 9.17) is 15.2 Å². The van der Waals surface area contributed by atoms with Gasteiger partial charge in [0, 0.05) is 32.8 Å². The predicted molar refractivity (Wildman–Crippen MR) is 69.6 cm³/mol. The molecular formula is C12H23N3O4. The second-order valence-electron chi connectivity index (χ2n) is 4.46. The smallest absolute Gasteiger partial charge is 0.379 e. The van der Waals surface area contributed by atoms with Crippen LogP contribution in [0, 0.1) is 0 Å². The van der Waals surface area contributed by atoms with Gasteiger partial charge in [-0.15, -0.1) is 0 Å². The number of rotatable bonds is 6. The number of carbonyl (C=O) groups is 2. The minimum absolute atomic E-state index is 0.0771. The van der Waals surface area contributed by atoms with E-state index in [1.165, 1.54) is 4.90 Å². The zero-order chi connectivity index (χ0) is 14.1. The molecule has 0 bridgehead atoms. The third kappa shape index (κ3) is 6.00. The molecule has 0 aromatic rings. The van der Waals surface area contributed by atoms with Crippen molar-refractivity contribution in [2.45, 2.75) is 25.8 Å². The molecule has 1 aliphatic heterocycles. The van der Waals surface area contributed by atoms with Crippen molar-refractivity contribution in [1.82, 2.24) is 10.2 Å². The van der Waals surface area contributed by atoms with Crippen molar-refractivity contribution in [2.75, 3.05) is 39.4 Å². The first-order valence-corrected chi connectivity index (χ1v) is 6.69. The lowest BCUT2D eigenvalue weighted by Crippen LogP contribution is -2.48. The van der Waals surface area contributed by atoms with Crippen molar-refractivity contribution < 1.29 is 19.1 Å². The van der Waals surface area contributed by atoms with Crippen LogP contribution in [0.1, 0.15) is 19.8 Å². The molecule has 0 aromatic carbocycles. The topological polar surface area (TPSA) is 93.9 Å². The number of carbonyl (C=O) groups excluding carboxylic acids is 2. The van der Waals surface area contributed by atoms with Gasteiger partial charge in [-0.2, -0.15) is 0 Å². The summed E-state index contributed by atoms with van der Waals surface area (Å²) in [7, 11) is 0. The van der Waals surface area contributed by atoms with Gasteiger partial charge >= 0.3 is 12.1 Å². The molecule has 0 aromatic heterocycles. The fraction of sp³-hybridized carbons (Fsp3) is 0.833. The quantitative estimate of drug-likeness (QED) is 0.392. The lowest BCUT2D eigenvalue weighted by molar-refractivity contribution is -0.141. The molecule has 1 saturated heterocycles. The highest BCUT2D eigenvalue weighted by Crippen LogP contribution is 1.99. The van der Waals surface area contributed by atoms with E-state index in [1.54, 1.807) is 0 Å². The van der Waals surface area contributed by atoms with Gasteiger partial charge in [-0.1, -0.05) is 13.3 Å². The summed E-state index contributed by atoms with van der Waals surface area (Å²) in [6, 6.07) is -0.913. The standard InChI is InChI=1S/C12H23N3O4/c1-2-3-8-18-9-10(13)11(16)19-12(17)15-6-4-14-5-7-15/h10,14H,2-9,13H2,1H3. The second-order valence-corrected chi connectivity index (χ2v) is 4.46. The van der Waals surface area contributed by atoms with Gasteiger partial charge in [0.1, 0.15) is 6.04 Å². The Hall–Kier alpha value is -1.18. The van der Waals surface area contributed by atoms with Gasteiger partial charge in [0.05, 0.1) is 6.61 Å². The van der Waals surface area contributed by atoms with E-state index in [-0.39, 0.29) is 6.61 Å². The SMILES string of the molecule is CCCCOCC(N)C(=O)OC(=O)N1CCNCC1. The molecule has 1 unspecified atom stereocenters. The van der Waals surface area contributed by atoms with Crippen molar-refractivity contribution in [3.8, 4) is 0 Å². The number of hydrogen-bond acceptors (Lipinski definition) is 6. The minimum atomic E-state index is -0.913. The molecule has 19 heavy (non-hydrogen) atoms. The largest absolute Gasteiger partial charge is 0.417 e. The van der Waals surface area contributed by atoms with E-state index in [1.807, 2.05) is 6.92 Å². The number of esters is 1. The van der Waals surface area contributed by atoms with Crippen LogP contribution in [0.5, 0.6) is 0 Å². The van der Waals surface area contributed by atoms with Crippen LogP contribution in [-0.2, 0) is 14.3 Å².